The third kappa shape index (κ3) is 3.98. The number of aliphatic hydroxyl groups excluding tert-OH is 1. The molecule has 31 heavy (non-hydrogen) atoms. The van der Waals surface area contributed by atoms with E-state index in [1.807, 2.05) is 56.6 Å². The maximum Gasteiger partial charge on any atom is 0.270 e. The lowest BCUT2D eigenvalue weighted by atomic mass is 9.78. The Morgan fingerprint density at radius 3 is 2.58 bits per heavy atom. The summed E-state index contributed by atoms with van der Waals surface area (Å²) in [6, 6.07) is 13.1. The minimum atomic E-state index is -0.974. The number of rotatable bonds is 5. The predicted molar refractivity (Wildman–Crippen MR) is 115 cm³/mol. The molecule has 162 valence electrons. The molecule has 8 heteroatoms. The second kappa shape index (κ2) is 8.39. The van der Waals surface area contributed by atoms with Gasteiger partial charge in [-0.1, -0.05) is 30.3 Å². The fourth-order valence-electron chi connectivity index (χ4n) is 4.27. The van der Waals surface area contributed by atoms with E-state index in [9.17, 15) is 14.7 Å². The largest absolute Gasteiger partial charge is 0.388 e. The topological polar surface area (TPSA) is 92.4 Å². The van der Waals surface area contributed by atoms with Gasteiger partial charge in [-0.05, 0) is 31.0 Å². The predicted octanol–water partition coefficient (Wildman–Crippen LogP) is 1.45. The van der Waals surface area contributed by atoms with Crippen molar-refractivity contribution in [3.63, 3.8) is 0 Å². The minimum absolute atomic E-state index is 0.110. The maximum absolute atomic E-state index is 12.9. The fraction of sp³-hybridized carbons (Fsp3) is 0.348. The molecule has 0 bridgehead atoms. The van der Waals surface area contributed by atoms with Gasteiger partial charge >= 0.3 is 0 Å². The first-order valence-corrected chi connectivity index (χ1v) is 10.3. The summed E-state index contributed by atoms with van der Waals surface area (Å²) >= 11 is 0. The van der Waals surface area contributed by atoms with Gasteiger partial charge in [0.1, 0.15) is 18.1 Å². The van der Waals surface area contributed by atoms with E-state index in [0.29, 0.717) is 18.7 Å². The third-order valence-electron chi connectivity index (χ3n) is 6.08. The Morgan fingerprint density at radius 1 is 1.19 bits per heavy atom. The Kier molecular flexibility index (Phi) is 5.65. The monoisotopic (exact) mass is 421 g/mol. The van der Waals surface area contributed by atoms with Gasteiger partial charge in [-0.25, -0.2) is 4.98 Å². The van der Waals surface area contributed by atoms with Crippen molar-refractivity contribution in [3.8, 4) is 0 Å². The summed E-state index contributed by atoms with van der Waals surface area (Å²) in [6.45, 7) is 2.49. The first-order valence-electron chi connectivity index (χ1n) is 10.3. The van der Waals surface area contributed by atoms with Gasteiger partial charge in [-0.2, -0.15) is 0 Å². The standard InChI is InChI=1S/C23H27N5O3/c1-17-24-11-14-27(17)16-21(30)25-23(18-7-4-3-5-8-18)10-13-28(15-20(23)29)22(31)19-9-6-12-26(19)2/h3-9,11-12,14,20,29H,10,13,15-16H2,1-2H3,(H,25,30)/t20-,23+/m1/s1. The van der Waals surface area contributed by atoms with Crippen LogP contribution < -0.4 is 5.32 Å². The number of benzene rings is 1. The van der Waals surface area contributed by atoms with Gasteiger partial charge in [0.25, 0.3) is 5.91 Å². The average Bonchev–Trinajstić information content (AvgIpc) is 3.37. The lowest BCUT2D eigenvalue weighted by Gasteiger charge is -2.46. The molecule has 3 heterocycles. The highest BCUT2D eigenvalue weighted by Gasteiger charge is 2.46. The van der Waals surface area contributed by atoms with E-state index >= 15 is 0 Å². The smallest absolute Gasteiger partial charge is 0.270 e. The molecule has 1 fully saturated rings. The molecule has 1 aliphatic rings. The van der Waals surface area contributed by atoms with Crippen molar-refractivity contribution >= 4 is 11.8 Å². The molecule has 0 saturated carbocycles. The number of aryl methyl sites for hydroxylation is 2. The number of imidazole rings is 1. The quantitative estimate of drug-likeness (QED) is 0.652. The molecule has 2 atom stereocenters. The van der Waals surface area contributed by atoms with Gasteiger partial charge in [0.15, 0.2) is 0 Å². The summed E-state index contributed by atoms with van der Waals surface area (Å²) in [6.07, 6.45) is 4.67. The summed E-state index contributed by atoms with van der Waals surface area (Å²) < 4.78 is 3.53. The SMILES string of the molecule is Cc1nccn1CC(=O)N[C@]1(c2ccccc2)CCN(C(=O)c2cccn2C)C[C@H]1O. The number of nitrogens with zero attached hydrogens (tertiary/aromatic N) is 4. The number of likely N-dealkylation sites (tertiary alicyclic amines) is 1. The molecule has 8 nitrogen and oxygen atoms in total. The minimum Gasteiger partial charge on any atom is -0.388 e. The van der Waals surface area contributed by atoms with Crippen LogP contribution in [0.1, 0.15) is 28.3 Å². The van der Waals surface area contributed by atoms with Crippen LogP contribution in [0.5, 0.6) is 0 Å². The van der Waals surface area contributed by atoms with Gasteiger partial charge in [-0.15, -0.1) is 0 Å². The number of carbonyl (C=O) groups excluding carboxylic acids is 2. The van der Waals surface area contributed by atoms with E-state index in [2.05, 4.69) is 10.3 Å². The van der Waals surface area contributed by atoms with Crippen LogP contribution in [0, 0.1) is 6.92 Å². The Labute approximate surface area is 181 Å². The van der Waals surface area contributed by atoms with E-state index in [1.54, 1.807) is 32.5 Å². The first kappa shape index (κ1) is 20.9. The fourth-order valence-corrected chi connectivity index (χ4v) is 4.27. The number of nitrogens with one attached hydrogen (secondary N) is 1. The number of carbonyl (C=O) groups is 2. The Balaban J connectivity index is 1.57. The second-order valence-corrected chi connectivity index (χ2v) is 8.01. The number of β-amino-alcohol motifs (C(OH)–C–C–N with tert-alkyl or cyclic N) is 1. The van der Waals surface area contributed by atoms with E-state index in [4.69, 9.17) is 0 Å². The van der Waals surface area contributed by atoms with E-state index < -0.39 is 11.6 Å². The molecule has 0 unspecified atom stereocenters. The van der Waals surface area contributed by atoms with E-state index in [1.165, 1.54) is 0 Å². The molecular formula is C23H27N5O3. The summed E-state index contributed by atoms with van der Waals surface area (Å²) in [7, 11) is 1.82. The molecule has 2 aromatic heterocycles. The molecule has 3 aromatic rings. The van der Waals surface area contributed by atoms with Crippen molar-refractivity contribution in [2.75, 3.05) is 13.1 Å². The van der Waals surface area contributed by atoms with Crippen molar-refractivity contribution in [1.82, 2.24) is 24.3 Å². The van der Waals surface area contributed by atoms with Crippen molar-refractivity contribution < 1.29 is 14.7 Å². The zero-order chi connectivity index (χ0) is 22.0. The highest BCUT2D eigenvalue weighted by atomic mass is 16.3. The molecule has 0 radical (unpaired) electrons. The summed E-state index contributed by atoms with van der Waals surface area (Å²) in [5, 5.41) is 14.3. The van der Waals surface area contributed by atoms with Crippen LogP contribution >= 0.6 is 0 Å². The van der Waals surface area contributed by atoms with Crippen molar-refractivity contribution in [2.24, 2.45) is 7.05 Å². The Bertz CT molecular complexity index is 1070. The summed E-state index contributed by atoms with van der Waals surface area (Å²) in [4.78, 5) is 31.7. The molecule has 2 amide bonds. The zero-order valence-electron chi connectivity index (χ0n) is 17.7. The lowest BCUT2D eigenvalue weighted by Crippen LogP contribution is -2.63. The molecule has 0 spiro atoms. The normalized spacial score (nSPS) is 21.1. The number of amides is 2. The van der Waals surface area contributed by atoms with Crippen molar-refractivity contribution in [3.05, 3.63) is 78.1 Å². The summed E-state index contributed by atoms with van der Waals surface area (Å²) in [5.74, 6) is 0.396. The van der Waals surface area contributed by atoms with Crippen LogP contribution in [-0.2, 0) is 23.9 Å². The van der Waals surface area contributed by atoms with Crippen LogP contribution in [0.25, 0.3) is 0 Å². The first-order chi connectivity index (χ1) is 14.9. The van der Waals surface area contributed by atoms with Crippen LogP contribution in [0.2, 0.25) is 0 Å². The number of hydrogen-bond acceptors (Lipinski definition) is 4. The summed E-state index contributed by atoms with van der Waals surface area (Å²) in [5.41, 5.74) is 0.417. The van der Waals surface area contributed by atoms with E-state index in [-0.39, 0.29) is 24.9 Å². The average molecular weight is 422 g/mol. The highest BCUT2D eigenvalue weighted by Crippen LogP contribution is 2.34. The Hall–Kier alpha value is -3.39. The second-order valence-electron chi connectivity index (χ2n) is 8.01. The number of aromatic nitrogens is 3. The molecule has 0 aliphatic carbocycles. The highest BCUT2D eigenvalue weighted by molar-refractivity contribution is 5.93. The molecule has 4 rings (SSSR count). The van der Waals surface area contributed by atoms with Crippen molar-refractivity contribution in [1.29, 1.82) is 0 Å². The molecule has 1 aliphatic heterocycles. The van der Waals surface area contributed by atoms with Crippen LogP contribution in [0.3, 0.4) is 0 Å². The Morgan fingerprint density at radius 2 is 1.97 bits per heavy atom. The third-order valence-corrected chi connectivity index (χ3v) is 6.08. The van der Waals surface area contributed by atoms with Crippen LogP contribution in [-0.4, -0.2) is 55.1 Å². The van der Waals surface area contributed by atoms with E-state index in [0.717, 1.165) is 11.4 Å². The van der Waals surface area contributed by atoms with Gasteiger partial charge in [0, 0.05) is 38.7 Å². The van der Waals surface area contributed by atoms with Crippen molar-refractivity contribution in [2.45, 2.75) is 31.5 Å². The number of hydrogen-bond donors (Lipinski definition) is 2. The van der Waals surface area contributed by atoms with Gasteiger partial charge in [0.2, 0.25) is 5.91 Å². The zero-order valence-corrected chi connectivity index (χ0v) is 17.7. The lowest BCUT2D eigenvalue weighted by molar-refractivity contribution is -0.127. The van der Waals surface area contributed by atoms with Gasteiger partial charge in [-0.3, -0.25) is 9.59 Å². The van der Waals surface area contributed by atoms with Gasteiger partial charge in [0.05, 0.1) is 11.6 Å². The van der Waals surface area contributed by atoms with Crippen LogP contribution in [0.4, 0.5) is 0 Å². The maximum atomic E-state index is 12.9. The molecule has 1 aromatic carbocycles. The van der Waals surface area contributed by atoms with Crippen LogP contribution in [0.15, 0.2) is 61.1 Å². The van der Waals surface area contributed by atoms with Gasteiger partial charge < -0.3 is 24.5 Å². The number of piperidine rings is 1. The molecular weight excluding hydrogens is 394 g/mol. The molecule has 2 N–H and O–H groups in total. The number of aliphatic hydroxyl groups is 1. The molecule has 1 saturated heterocycles.